The molecule has 0 aromatic heterocycles. The summed E-state index contributed by atoms with van der Waals surface area (Å²) in [4.78, 5) is 10.4. The maximum atomic E-state index is 10.4. The van der Waals surface area contributed by atoms with Gasteiger partial charge in [0.15, 0.2) is 0 Å². The fourth-order valence-corrected chi connectivity index (χ4v) is 0.815. The van der Waals surface area contributed by atoms with Crippen molar-refractivity contribution in [2.45, 2.75) is 0 Å². The molecule has 0 atom stereocenters. The van der Waals surface area contributed by atoms with Crippen LogP contribution in [0.3, 0.4) is 0 Å². The van der Waals surface area contributed by atoms with E-state index in [1.165, 1.54) is 11.8 Å². The molecule has 4 heteroatoms. The first-order valence-electron chi connectivity index (χ1n) is 3.05. The second-order valence-electron chi connectivity index (χ2n) is 1.58. The second kappa shape index (κ2) is 7.16. The van der Waals surface area contributed by atoms with Gasteiger partial charge in [-0.1, -0.05) is 6.58 Å². The zero-order valence-corrected chi connectivity index (χ0v) is 6.89. The number of ether oxygens (including phenoxy) is 1. The van der Waals surface area contributed by atoms with Crippen LogP contribution in [0.4, 0.5) is 0 Å². The summed E-state index contributed by atoms with van der Waals surface area (Å²) in [6.45, 7) is 3.59. The normalized spacial score (nSPS) is 8.27. The SMILES string of the molecule is C=CC(=O)OCCSCC#N. The van der Waals surface area contributed by atoms with Gasteiger partial charge in [-0.3, -0.25) is 0 Å². The molecular formula is C7H9NO2S. The minimum absolute atomic E-state index is 0.344. The van der Waals surface area contributed by atoms with Gasteiger partial charge < -0.3 is 4.74 Å². The average molecular weight is 171 g/mol. The molecule has 0 radical (unpaired) electrons. The first-order chi connectivity index (χ1) is 5.31. The zero-order valence-electron chi connectivity index (χ0n) is 6.08. The molecular weight excluding hydrogens is 162 g/mol. The van der Waals surface area contributed by atoms with E-state index in [-0.39, 0.29) is 0 Å². The molecule has 0 saturated heterocycles. The van der Waals surface area contributed by atoms with Gasteiger partial charge in [0, 0.05) is 11.8 Å². The summed E-state index contributed by atoms with van der Waals surface area (Å²) in [7, 11) is 0. The first-order valence-corrected chi connectivity index (χ1v) is 4.20. The quantitative estimate of drug-likeness (QED) is 0.351. The Morgan fingerprint density at radius 2 is 2.55 bits per heavy atom. The third kappa shape index (κ3) is 6.94. The van der Waals surface area contributed by atoms with Gasteiger partial charge in [-0.15, -0.1) is 11.8 Å². The lowest BCUT2D eigenvalue weighted by Gasteiger charge is -1.98. The van der Waals surface area contributed by atoms with Crippen LogP contribution in [0, 0.1) is 11.3 Å². The molecule has 0 bridgehead atoms. The van der Waals surface area contributed by atoms with Gasteiger partial charge in [-0.25, -0.2) is 4.79 Å². The van der Waals surface area contributed by atoms with Gasteiger partial charge in [-0.05, 0) is 0 Å². The summed E-state index contributed by atoms with van der Waals surface area (Å²) >= 11 is 1.43. The number of carbonyl (C=O) groups is 1. The Bertz CT molecular complexity index is 174. The molecule has 0 fully saturated rings. The number of hydrogen-bond acceptors (Lipinski definition) is 4. The summed E-state index contributed by atoms with van der Waals surface area (Å²) in [5, 5.41) is 8.13. The molecule has 0 unspecified atom stereocenters. The Morgan fingerprint density at radius 1 is 1.82 bits per heavy atom. The second-order valence-corrected chi connectivity index (χ2v) is 2.69. The van der Waals surface area contributed by atoms with Gasteiger partial charge in [0.05, 0.1) is 11.8 Å². The topological polar surface area (TPSA) is 50.1 Å². The molecule has 0 aromatic rings. The van der Waals surface area contributed by atoms with Gasteiger partial charge in [0.25, 0.3) is 0 Å². The lowest BCUT2D eigenvalue weighted by atomic mass is 10.6. The Labute approximate surface area is 70.0 Å². The lowest BCUT2D eigenvalue weighted by Crippen LogP contribution is -2.03. The van der Waals surface area contributed by atoms with E-state index in [2.05, 4.69) is 11.3 Å². The van der Waals surface area contributed by atoms with Crippen molar-refractivity contribution in [2.75, 3.05) is 18.1 Å². The molecule has 0 aliphatic carbocycles. The Hall–Kier alpha value is -0.950. The van der Waals surface area contributed by atoms with E-state index in [0.717, 1.165) is 6.08 Å². The summed E-state index contributed by atoms with van der Waals surface area (Å²) in [6.07, 6.45) is 1.12. The minimum Gasteiger partial charge on any atom is -0.462 e. The van der Waals surface area contributed by atoms with Crippen molar-refractivity contribution in [3.05, 3.63) is 12.7 Å². The molecule has 0 rings (SSSR count). The van der Waals surface area contributed by atoms with E-state index in [4.69, 9.17) is 5.26 Å². The molecule has 60 valence electrons. The number of carbonyl (C=O) groups excluding carboxylic acids is 1. The zero-order chi connectivity index (χ0) is 8.53. The van der Waals surface area contributed by atoms with E-state index in [1.54, 1.807) is 0 Å². The average Bonchev–Trinajstić information content (AvgIpc) is 2.04. The summed E-state index contributed by atoms with van der Waals surface area (Å²) < 4.78 is 4.65. The number of hydrogen-bond donors (Lipinski definition) is 0. The van der Waals surface area contributed by atoms with Crippen molar-refractivity contribution in [1.29, 1.82) is 5.26 Å². The molecule has 0 aliphatic heterocycles. The molecule has 0 N–H and O–H groups in total. The highest BCUT2D eigenvalue weighted by molar-refractivity contribution is 7.99. The third-order valence-corrected chi connectivity index (χ3v) is 1.59. The predicted molar refractivity (Wildman–Crippen MR) is 44.1 cm³/mol. The fraction of sp³-hybridized carbons (Fsp3) is 0.429. The van der Waals surface area contributed by atoms with Crippen LogP contribution in [0.5, 0.6) is 0 Å². The predicted octanol–water partition coefficient (Wildman–Crippen LogP) is 0.972. The van der Waals surface area contributed by atoms with Crippen molar-refractivity contribution in [2.24, 2.45) is 0 Å². The van der Waals surface area contributed by atoms with Gasteiger partial charge in [0.2, 0.25) is 0 Å². The van der Waals surface area contributed by atoms with E-state index in [0.29, 0.717) is 18.1 Å². The van der Waals surface area contributed by atoms with Crippen LogP contribution in [0.1, 0.15) is 0 Å². The number of nitrogens with zero attached hydrogens (tertiary/aromatic N) is 1. The molecule has 0 aromatic carbocycles. The van der Waals surface area contributed by atoms with Crippen LogP contribution >= 0.6 is 11.8 Å². The summed E-state index contributed by atoms with van der Waals surface area (Å²) in [5.41, 5.74) is 0. The maximum absolute atomic E-state index is 10.4. The number of rotatable bonds is 5. The van der Waals surface area contributed by atoms with Crippen LogP contribution < -0.4 is 0 Å². The van der Waals surface area contributed by atoms with E-state index < -0.39 is 5.97 Å². The van der Waals surface area contributed by atoms with E-state index >= 15 is 0 Å². The number of thioether (sulfide) groups is 1. The van der Waals surface area contributed by atoms with Crippen molar-refractivity contribution >= 4 is 17.7 Å². The molecule has 0 aliphatic rings. The van der Waals surface area contributed by atoms with Crippen LogP contribution in [0.15, 0.2) is 12.7 Å². The van der Waals surface area contributed by atoms with Crippen LogP contribution in [0.2, 0.25) is 0 Å². The molecule has 0 spiro atoms. The smallest absolute Gasteiger partial charge is 0.330 e. The standard InChI is InChI=1S/C7H9NO2S/c1-2-7(9)10-4-6-11-5-3-8/h2H,1,4-6H2. The maximum Gasteiger partial charge on any atom is 0.330 e. The number of nitriles is 1. The third-order valence-electron chi connectivity index (χ3n) is 0.805. The Kier molecular flexibility index (Phi) is 6.54. The highest BCUT2D eigenvalue weighted by atomic mass is 32.2. The highest BCUT2D eigenvalue weighted by Crippen LogP contribution is 1.97. The Balaban J connectivity index is 3.09. The molecule has 0 heterocycles. The number of esters is 1. The van der Waals surface area contributed by atoms with Crippen molar-refractivity contribution < 1.29 is 9.53 Å². The molecule has 0 amide bonds. The van der Waals surface area contributed by atoms with Gasteiger partial charge >= 0.3 is 5.97 Å². The molecule has 11 heavy (non-hydrogen) atoms. The summed E-state index contributed by atoms with van der Waals surface area (Å²) in [6, 6.07) is 1.97. The molecule has 0 saturated carbocycles. The van der Waals surface area contributed by atoms with Gasteiger partial charge in [-0.2, -0.15) is 5.26 Å². The first kappa shape index (κ1) is 10.0. The van der Waals surface area contributed by atoms with Crippen molar-refractivity contribution in [3.8, 4) is 6.07 Å². The van der Waals surface area contributed by atoms with Crippen molar-refractivity contribution in [1.82, 2.24) is 0 Å². The van der Waals surface area contributed by atoms with Crippen LogP contribution in [0.25, 0.3) is 0 Å². The van der Waals surface area contributed by atoms with E-state index in [9.17, 15) is 4.79 Å². The molecule has 3 nitrogen and oxygen atoms in total. The fourth-order valence-electron chi connectivity index (χ4n) is 0.378. The monoisotopic (exact) mass is 171 g/mol. The summed E-state index contributed by atoms with van der Waals surface area (Å²) in [5.74, 6) is 0.682. The van der Waals surface area contributed by atoms with Crippen molar-refractivity contribution in [3.63, 3.8) is 0 Å². The highest BCUT2D eigenvalue weighted by Gasteiger charge is 1.93. The van der Waals surface area contributed by atoms with Crippen LogP contribution in [-0.4, -0.2) is 24.1 Å². The minimum atomic E-state index is -0.414. The van der Waals surface area contributed by atoms with E-state index in [1.807, 2.05) is 6.07 Å². The largest absolute Gasteiger partial charge is 0.462 e. The van der Waals surface area contributed by atoms with Gasteiger partial charge in [0.1, 0.15) is 6.61 Å². The Morgan fingerprint density at radius 3 is 3.09 bits per heavy atom. The van der Waals surface area contributed by atoms with Crippen LogP contribution in [-0.2, 0) is 9.53 Å². The lowest BCUT2D eigenvalue weighted by molar-refractivity contribution is -0.137.